The van der Waals surface area contributed by atoms with Gasteiger partial charge in [-0.25, -0.2) is 0 Å². The first-order chi connectivity index (χ1) is 12.2. The third-order valence-electron chi connectivity index (χ3n) is 5.27. The van der Waals surface area contributed by atoms with Crippen LogP contribution >= 0.6 is 24.8 Å². The summed E-state index contributed by atoms with van der Waals surface area (Å²) in [5.41, 5.74) is -0.355. The summed E-state index contributed by atoms with van der Waals surface area (Å²) in [6.45, 7) is 8.12. The molecule has 0 aromatic carbocycles. The van der Waals surface area contributed by atoms with E-state index in [0.717, 1.165) is 64.4 Å². The van der Waals surface area contributed by atoms with Gasteiger partial charge in [-0.05, 0) is 25.9 Å². The summed E-state index contributed by atoms with van der Waals surface area (Å²) in [6, 6.07) is 0. The molecule has 0 unspecified atom stereocenters. The van der Waals surface area contributed by atoms with E-state index >= 15 is 0 Å². The number of carbonyl (C=O) groups excluding carboxylic acids is 1. The minimum atomic E-state index is -0.355. The number of rotatable bonds is 6. The molecule has 156 valence electrons. The van der Waals surface area contributed by atoms with Gasteiger partial charge in [0.15, 0.2) is 5.82 Å². The fourth-order valence-corrected chi connectivity index (χ4v) is 3.74. The normalized spacial score (nSPS) is 19.9. The highest BCUT2D eigenvalue weighted by atomic mass is 35.5. The number of aryl methyl sites for hydroxylation is 1. The van der Waals surface area contributed by atoms with Gasteiger partial charge in [0.2, 0.25) is 11.8 Å². The van der Waals surface area contributed by atoms with Gasteiger partial charge in [-0.3, -0.25) is 9.69 Å². The number of halogens is 2. The highest BCUT2D eigenvalue weighted by Crippen LogP contribution is 2.32. The summed E-state index contributed by atoms with van der Waals surface area (Å²) < 4.78 is 10.6. The van der Waals surface area contributed by atoms with Crippen LogP contribution in [-0.2, 0) is 22.5 Å². The van der Waals surface area contributed by atoms with Gasteiger partial charge >= 0.3 is 0 Å². The molecule has 0 atom stereocenters. The smallest absolute Gasteiger partial charge is 0.231 e. The maximum Gasteiger partial charge on any atom is 0.231 e. The lowest BCUT2D eigenvalue weighted by molar-refractivity contribution is -0.149. The van der Waals surface area contributed by atoms with Crippen molar-refractivity contribution < 1.29 is 14.1 Å². The molecule has 1 aromatic heterocycles. The van der Waals surface area contributed by atoms with E-state index in [-0.39, 0.29) is 36.1 Å². The van der Waals surface area contributed by atoms with E-state index in [0.29, 0.717) is 19.0 Å². The van der Waals surface area contributed by atoms with Gasteiger partial charge in [-0.1, -0.05) is 12.1 Å². The fraction of sp³-hybridized carbons (Fsp3) is 0.824. The Kier molecular flexibility index (Phi) is 9.97. The molecular formula is C17H31Cl2N5O3. The zero-order valence-electron chi connectivity index (χ0n) is 16.1. The number of methoxy groups -OCH3 is 1. The summed E-state index contributed by atoms with van der Waals surface area (Å²) in [5, 5.41) is 7.35. The van der Waals surface area contributed by atoms with Crippen LogP contribution in [0, 0.1) is 5.41 Å². The zero-order chi connectivity index (χ0) is 17.7. The molecule has 8 nitrogen and oxygen atoms in total. The number of piperazine rings is 1. The molecule has 2 aliphatic rings. The summed E-state index contributed by atoms with van der Waals surface area (Å²) >= 11 is 0. The van der Waals surface area contributed by atoms with Crippen molar-refractivity contribution in [1.82, 2.24) is 25.3 Å². The first-order valence-electron chi connectivity index (χ1n) is 9.20. The summed E-state index contributed by atoms with van der Waals surface area (Å²) in [7, 11) is 1.68. The van der Waals surface area contributed by atoms with Crippen LogP contribution in [0.2, 0.25) is 0 Å². The van der Waals surface area contributed by atoms with Crippen LogP contribution < -0.4 is 5.32 Å². The van der Waals surface area contributed by atoms with Gasteiger partial charge in [-0.15, -0.1) is 24.8 Å². The third-order valence-corrected chi connectivity index (χ3v) is 5.27. The molecule has 0 radical (unpaired) electrons. The lowest BCUT2D eigenvalue weighted by Gasteiger charge is -2.42. The average molecular weight is 424 g/mol. The van der Waals surface area contributed by atoms with Crippen LogP contribution in [0.4, 0.5) is 0 Å². The van der Waals surface area contributed by atoms with Crippen molar-refractivity contribution in [1.29, 1.82) is 0 Å². The number of nitrogens with one attached hydrogen (secondary N) is 1. The number of carbonyl (C=O) groups is 1. The van der Waals surface area contributed by atoms with E-state index in [9.17, 15) is 4.79 Å². The number of amides is 1. The second kappa shape index (κ2) is 11.2. The van der Waals surface area contributed by atoms with Gasteiger partial charge in [-0.2, -0.15) is 4.98 Å². The Bertz CT molecular complexity index is 567. The molecule has 0 aliphatic carbocycles. The van der Waals surface area contributed by atoms with E-state index in [1.54, 1.807) is 7.11 Å². The Balaban J connectivity index is 0.00000182. The standard InChI is InChI=1S/C17H29N5O3.2ClH/c1-3-15-19-14(20-25-15)12-21-8-10-22(11-9-21)16(23)17(13-24-2)4-6-18-7-5-17;;/h18H,3-13H2,1-2H3;2*1H. The third kappa shape index (κ3) is 5.77. The molecule has 0 bridgehead atoms. The van der Waals surface area contributed by atoms with Crippen LogP contribution in [0.1, 0.15) is 31.5 Å². The first-order valence-corrected chi connectivity index (χ1v) is 9.20. The monoisotopic (exact) mass is 423 g/mol. The number of nitrogens with zero attached hydrogens (tertiary/aromatic N) is 4. The van der Waals surface area contributed by atoms with Gasteiger partial charge < -0.3 is 19.5 Å². The SMILES string of the molecule is CCc1nc(CN2CCN(C(=O)C3(COC)CCNCC3)CC2)no1.Cl.Cl. The van der Waals surface area contributed by atoms with E-state index < -0.39 is 0 Å². The molecule has 2 saturated heterocycles. The van der Waals surface area contributed by atoms with E-state index in [1.165, 1.54) is 0 Å². The quantitative estimate of drug-likeness (QED) is 0.733. The van der Waals surface area contributed by atoms with Crippen molar-refractivity contribution in [3.63, 3.8) is 0 Å². The van der Waals surface area contributed by atoms with Crippen LogP contribution in [0.15, 0.2) is 4.52 Å². The van der Waals surface area contributed by atoms with Crippen molar-refractivity contribution in [3.05, 3.63) is 11.7 Å². The van der Waals surface area contributed by atoms with Crippen molar-refractivity contribution in [2.75, 3.05) is 53.0 Å². The first kappa shape index (κ1) is 24.1. The molecule has 1 aromatic rings. The number of aromatic nitrogens is 2. The summed E-state index contributed by atoms with van der Waals surface area (Å²) in [6.07, 6.45) is 2.46. The van der Waals surface area contributed by atoms with Crippen LogP contribution in [0.5, 0.6) is 0 Å². The van der Waals surface area contributed by atoms with E-state index in [1.807, 2.05) is 11.8 Å². The van der Waals surface area contributed by atoms with Crippen molar-refractivity contribution in [2.24, 2.45) is 5.41 Å². The molecule has 3 rings (SSSR count). The van der Waals surface area contributed by atoms with Crippen LogP contribution in [0.3, 0.4) is 0 Å². The topological polar surface area (TPSA) is 83.7 Å². The van der Waals surface area contributed by atoms with Gasteiger partial charge in [0.1, 0.15) is 0 Å². The minimum Gasteiger partial charge on any atom is -0.384 e. The maximum atomic E-state index is 13.1. The average Bonchev–Trinajstić information content (AvgIpc) is 3.10. The predicted octanol–water partition coefficient (Wildman–Crippen LogP) is 1.14. The Morgan fingerprint density at radius 1 is 1.22 bits per heavy atom. The summed E-state index contributed by atoms with van der Waals surface area (Å²) in [5.74, 6) is 1.66. The molecule has 0 saturated carbocycles. The second-order valence-corrected chi connectivity index (χ2v) is 6.99. The molecule has 1 N–H and O–H groups in total. The molecule has 27 heavy (non-hydrogen) atoms. The molecular weight excluding hydrogens is 393 g/mol. The van der Waals surface area contributed by atoms with Gasteiger partial charge in [0, 0.05) is 39.7 Å². The summed E-state index contributed by atoms with van der Waals surface area (Å²) in [4.78, 5) is 21.8. The maximum absolute atomic E-state index is 13.1. The molecule has 3 heterocycles. The number of hydrogen-bond acceptors (Lipinski definition) is 7. The van der Waals surface area contributed by atoms with Gasteiger partial charge in [0.05, 0.1) is 18.6 Å². The van der Waals surface area contributed by atoms with Crippen molar-refractivity contribution in [2.45, 2.75) is 32.7 Å². The Hall–Kier alpha value is -0.930. The fourth-order valence-electron chi connectivity index (χ4n) is 3.74. The zero-order valence-corrected chi connectivity index (χ0v) is 17.7. The molecule has 2 fully saturated rings. The molecule has 2 aliphatic heterocycles. The lowest BCUT2D eigenvalue weighted by Crippen LogP contribution is -2.56. The number of hydrogen-bond donors (Lipinski definition) is 1. The molecule has 1 amide bonds. The second-order valence-electron chi connectivity index (χ2n) is 6.99. The number of piperidine rings is 1. The Labute approximate surface area is 173 Å². The largest absolute Gasteiger partial charge is 0.384 e. The van der Waals surface area contributed by atoms with E-state index in [2.05, 4.69) is 20.4 Å². The molecule has 10 heteroatoms. The van der Waals surface area contributed by atoms with Gasteiger partial charge in [0.25, 0.3) is 0 Å². The van der Waals surface area contributed by atoms with Crippen LogP contribution in [-0.4, -0.2) is 78.8 Å². The highest BCUT2D eigenvalue weighted by Gasteiger charge is 2.42. The number of ether oxygens (including phenoxy) is 1. The Morgan fingerprint density at radius 3 is 2.44 bits per heavy atom. The lowest BCUT2D eigenvalue weighted by atomic mass is 9.78. The predicted molar refractivity (Wildman–Crippen MR) is 106 cm³/mol. The van der Waals surface area contributed by atoms with Crippen molar-refractivity contribution >= 4 is 30.7 Å². The highest BCUT2D eigenvalue weighted by molar-refractivity contribution is 5.85. The minimum absolute atomic E-state index is 0. The molecule has 0 spiro atoms. The van der Waals surface area contributed by atoms with E-state index in [4.69, 9.17) is 9.26 Å². The van der Waals surface area contributed by atoms with Crippen molar-refractivity contribution in [3.8, 4) is 0 Å². The van der Waals surface area contributed by atoms with Crippen LogP contribution in [0.25, 0.3) is 0 Å². The Morgan fingerprint density at radius 2 is 1.89 bits per heavy atom.